The molecule has 2 aliphatic rings. The van der Waals surface area contributed by atoms with E-state index in [0.29, 0.717) is 31.7 Å². The lowest BCUT2D eigenvalue weighted by atomic mass is 9.83. The molecule has 0 bridgehead atoms. The molecule has 2 aromatic rings. The lowest BCUT2D eigenvalue weighted by Crippen LogP contribution is -2.33. The monoisotopic (exact) mass is 362 g/mol. The molecule has 1 aliphatic carbocycles. The van der Waals surface area contributed by atoms with Crippen LogP contribution < -0.4 is 10.6 Å². The van der Waals surface area contributed by atoms with Gasteiger partial charge in [0.15, 0.2) is 0 Å². The highest BCUT2D eigenvalue weighted by Gasteiger charge is 2.26. The van der Waals surface area contributed by atoms with E-state index in [2.05, 4.69) is 34.9 Å². The van der Waals surface area contributed by atoms with Crippen LogP contribution in [0.2, 0.25) is 0 Å². The molecule has 4 nitrogen and oxygen atoms in total. The molecular formula is C23H26N2O2. The van der Waals surface area contributed by atoms with Gasteiger partial charge in [0, 0.05) is 30.5 Å². The summed E-state index contributed by atoms with van der Waals surface area (Å²) in [5, 5.41) is 6.05. The highest BCUT2D eigenvalue weighted by Crippen LogP contribution is 2.31. The van der Waals surface area contributed by atoms with Crippen molar-refractivity contribution >= 4 is 17.5 Å². The first-order valence-corrected chi connectivity index (χ1v) is 9.94. The van der Waals surface area contributed by atoms with Crippen molar-refractivity contribution in [1.29, 1.82) is 0 Å². The first-order chi connectivity index (χ1) is 13.2. The van der Waals surface area contributed by atoms with E-state index in [1.807, 2.05) is 24.3 Å². The number of carbonyl (C=O) groups is 2. The zero-order valence-electron chi connectivity index (χ0n) is 15.5. The maximum Gasteiger partial charge on any atom is 0.227 e. The second-order valence-electron chi connectivity index (χ2n) is 7.68. The van der Waals surface area contributed by atoms with Crippen molar-refractivity contribution in [3.63, 3.8) is 0 Å². The second kappa shape index (κ2) is 7.95. The van der Waals surface area contributed by atoms with E-state index in [-0.39, 0.29) is 17.7 Å². The molecule has 2 aromatic carbocycles. The quantitative estimate of drug-likeness (QED) is 0.850. The highest BCUT2D eigenvalue weighted by atomic mass is 16.2. The summed E-state index contributed by atoms with van der Waals surface area (Å²) in [6, 6.07) is 16.4. The average molecular weight is 362 g/mol. The van der Waals surface area contributed by atoms with Crippen LogP contribution in [0, 0.1) is 5.92 Å². The molecule has 2 unspecified atom stereocenters. The maximum absolute atomic E-state index is 12.3. The van der Waals surface area contributed by atoms with Gasteiger partial charge in [-0.3, -0.25) is 9.59 Å². The molecular weight excluding hydrogens is 336 g/mol. The minimum Gasteiger partial charge on any atom is -0.355 e. The Balaban J connectivity index is 1.28. The van der Waals surface area contributed by atoms with Crippen molar-refractivity contribution in [2.24, 2.45) is 5.92 Å². The van der Waals surface area contributed by atoms with Gasteiger partial charge in [0.25, 0.3) is 0 Å². The molecule has 2 N–H and O–H groups in total. The predicted molar refractivity (Wildman–Crippen MR) is 107 cm³/mol. The fourth-order valence-corrected chi connectivity index (χ4v) is 4.34. The van der Waals surface area contributed by atoms with Gasteiger partial charge in [0.2, 0.25) is 11.8 Å². The molecule has 2 amide bonds. The summed E-state index contributed by atoms with van der Waals surface area (Å²) in [5.74, 6) is 0.359. The number of para-hydroxylation sites is 1. The normalized spacial score (nSPS) is 21.0. The first kappa shape index (κ1) is 17.8. The fraction of sp³-hybridized carbons (Fsp3) is 0.391. The Labute approximate surface area is 160 Å². The Hall–Kier alpha value is -2.62. The third kappa shape index (κ3) is 4.05. The Bertz CT molecular complexity index is 846. The summed E-state index contributed by atoms with van der Waals surface area (Å²) in [4.78, 5) is 24.6. The number of amides is 2. The molecule has 2 atom stereocenters. The van der Waals surface area contributed by atoms with Gasteiger partial charge in [0.05, 0.1) is 0 Å². The molecule has 0 fully saturated rings. The minimum absolute atomic E-state index is 0.0303. The number of nitrogens with one attached hydrogen (secondary N) is 2. The van der Waals surface area contributed by atoms with Gasteiger partial charge in [-0.05, 0) is 54.9 Å². The zero-order valence-corrected chi connectivity index (χ0v) is 15.5. The molecule has 0 aromatic heterocycles. The SMILES string of the molecule is O=C(CCC1Cc2ccccc2NC1=O)NCC1CCCc2ccccc21. The van der Waals surface area contributed by atoms with Gasteiger partial charge < -0.3 is 10.6 Å². The van der Waals surface area contributed by atoms with Crippen molar-refractivity contribution in [2.45, 2.75) is 44.4 Å². The number of hydrogen-bond acceptors (Lipinski definition) is 2. The molecule has 0 spiro atoms. The number of anilines is 1. The van der Waals surface area contributed by atoms with Crippen molar-refractivity contribution in [1.82, 2.24) is 5.32 Å². The van der Waals surface area contributed by atoms with Gasteiger partial charge in [-0.15, -0.1) is 0 Å². The van der Waals surface area contributed by atoms with E-state index in [1.54, 1.807) is 0 Å². The molecule has 0 saturated heterocycles. The molecule has 27 heavy (non-hydrogen) atoms. The third-order valence-electron chi connectivity index (χ3n) is 5.87. The number of hydrogen-bond donors (Lipinski definition) is 2. The van der Waals surface area contributed by atoms with Crippen LogP contribution in [-0.4, -0.2) is 18.4 Å². The third-order valence-corrected chi connectivity index (χ3v) is 5.87. The number of rotatable bonds is 5. The van der Waals surface area contributed by atoms with Crippen LogP contribution >= 0.6 is 0 Å². The molecule has 140 valence electrons. The van der Waals surface area contributed by atoms with Crippen LogP contribution in [0.4, 0.5) is 5.69 Å². The van der Waals surface area contributed by atoms with E-state index in [9.17, 15) is 9.59 Å². The Morgan fingerprint density at radius 1 is 1.04 bits per heavy atom. The lowest BCUT2D eigenvalue weighted by Gasteiger charge is -2.26. The van der Waals surface area contributed by atoms with E-state index >= 15 is 0 Å². The summed E-state index contributed by atoms with van der Waals surface area (Å²) >= 11 is 0. The largest absolute Gasteiger partial charge is 0.355 e. The van der Waals surface area contributed by atoms with E-state index < -0.39 is 0 Å². The molecule has 4 heteroatoms. The van der Waals surface area contributed by atoms with E-state index in [0.717, 1.165) is 24.1 Å². The summed E-state index contributed by atoms with van der Waals surface area (Å²) in [5.41, 5.74) is 4.85. The highest BCUT2D eigenvalue weighted by molar-refractivity contribution is 5.96. The zero-order chi connectivity index (χ0) is 18.6. The first-order valence-electron chi connectivity index (χ1n) is 9.94. The molecule has 0 radical (unpaired) electrons. The molecule has 4 rings (SSSR count). The van der Waals surface area contributed by atoms with Gasteiger partial charge in [-0.25, -0.2) is 0 Å². The van der Waals surface area contributed by atoms with E-state index in [1.165, 1.54) is 17.5 Å². The lowest BCUT2D eigenvalue weighted by molar-refractivity contribution is -0.122. The van der Waals surface area contributed by atoms with Crippen molar-refractivity contribution < 1.29 is 9.59 Å². The number of benzene rings is 2. The number of carbonyl (C=O) groups excluding carboxylic acids is 2. The summed E-state index contributed by atoms with van der Waals surface area (Å²) in [6.45, 7) is 0.690. The maximum atomic E-state index is 12.3. The summed E-state index contributed by atoms with van der Waals surface area (Å²) < 4.78 is 0. The van der Waals surface area contributed by atoms with Crippen molar-refractivity contribution in [3.8, 4) is 0 Å². The van der Waals surface area contributed by atoms with Gasteiger partial charge >= 0.3 is 0 Å². The van der Waals surface area contributed by atoms with Crippen LogP contribution in [0.15, 0.2) is 48.5 Å². The second-order valence-corrected chi connectivity index (χ2v) is 7.68. The van der Waals surface area contributed by atoms with Gasteiger partial charge in [0.1, 0.15) is 0 Å². The standard InChI is InChI=1S/C23H26N2O2/c26-22(24-15-19-9-5-8-16-6-1-3-10-20(16)19)13-12-18-14-17-7-2-4-11-21(17)25-23(18)27/h1-4,6-7,10-11,18-19H,5,8-9,12-15H2,(H,24,26)(H,25,27). The summed E-state index contributed by atoms with van der Waals surface area (Å²) in [7, 11) is 0. The Kier molecular flexibility index (Phi) is 5.23. The smallest absolute Gasteiger partial charge is 0.227 e. The molecule has 1 heterocycles. The van der Waals surface area contributed by atoms with Crippen LogP contribution in [0.3, 0.4) is 0 Å². The molecule has 0 saturated carbocycles. The van der Waals surface area contributed by atoms with Gasteiger partial charge in [-0.2, -0.15) is 0 Å². The fourth-order valence-electron chi connectivity index (χ4n) is 4.34. The summed E-state index contributed by atoms with van der Waals surface area (Å²) in [6.07, 6.45) is 5.14. The van der Waals surface area contributed by atoms with Crippen molar-refractivity contribution in [2.75, 3.05) is 11.9 Å². The number of aryl methyl sites for hydroxylation is 1. The van der Waals surface area contributed by atoms with Crippen LogP contribution in [0.25, 0.3) is 0 Å². The van der Waals surface area contributed by atoms with E-state index in [4.69, 9.17) is 0 Å². The minimum atomic E-state index is -0.124. The predicted octanol–water partition coefficient (Wildman–Crippen LogP) is 3.81. The molecule has 1 aliphatic heterocycles. The van der Waals surface area contributed by atoms with Gasteiger partial charge in [-0.1, -0.05) is 42.5 Å². The van der Waals surface area contributed by atoms with Crippen LogP contribution in [0.1, 0.15) is 48.3 Å². The number of fused-ring (bicyclic) bond motifs is 2. The van der Waals surface area contributed by atoms with Crippen LogP contribution in [0.5, 0.6) is 0 Å². The van der Waals surface area contributed by atoms with Crippen LogP contribution in [-0.2, 0) is 22.4 Å². The average Bonchev–Trinajstić information content (AvgIpc) is 2.70. The Morgan fingerprint density at radius 3 is 2.70 bits per heavy atom. The topological polar surface area (TPSA) is 58.2 Å². The Morgan fingerprint density at radius 2 is 1.81 bits per heavy atom. The van der Waals surface area contributed by atoms with Crippen molar-refractivity contribution in [3.05, 3.63) is 65.2 Å².